The number of carboxylic acid groups (broad SMARTS) is 1. The highest BCUT2D eigenvalue weighted by atomic mass is 16.5. The van der Waals surface area contributed by atoms with Gasteiger partial charge in [-0.05, 0) is 44.2 Å². The van der Waals surface area contributed by atoms with Gasteiger partial charge in [0, 0.05) is 30.3 Å². The van der Waals surface area contributed by atoms with Gasteiger partial charge in [-0.3, -0.25) is 4.79 Å². The molecule has 1 saturated carbocycles. The van der Waals surface area contributed by atoms with E-state index in [-0.39, 0.29) is 11.0 Å². The van der Waals surface area contributed by atoms with E-state index >= 15 is 0 Å². The van der Waals surface area contributed by atoms with Crippen LogP contribution in [-0.4, -0.2) is 40.6 Å². The van der Waals surface area contributed by atoms with Crippen LogP contribution < -0.4 is 15.5 Å². The summed E-state index contributed by atoms with van der Waals surface area (Å²) in [5, 5.41) is 12.4. The number of aryl methyl sites for hydroxylation is 1. The number of rotatable bonds is 5. The molecular formula is C20H24N2O5. The molecule has 144 valence electrons. The third-order valence-electron chi connectivity index (χ3n) is 6.14. The molecule has 0 spiro atoms. The second-order valence-corrected chi connectivity index (χ2v) is 7.69. The van der Waals surface area contributed by atoms with Crippen molar-refractivity contribution in [2.75, 3.05) is 13.7 Å². The predicted octanol–water partition coefficient (Wildman–Crippen LogP) is 2.75. The Labute approximate surface area is 156 Å². The van der Waals surface area contributed by atoms with Gasteiger partial charge in [-0.25, -0.2) is 4.79 Å². The van der Waals surface area contributed by atoms with E-state index in [1.165, 1.54) is 0 Å². The summed E-state index contributed by atoms with van der Waals surface area (Å²) in [4.78, 5) is 23.2. The molecule has 0 radical (unpaired) electrons. The van der Waals surface area contributed by atoms with Crippen molar-refractivity contribution in [2.24, 2.45) is 0 Å². The molecule has 1 aromatic carbocycles. The van der Waals surface area contributed by atoms with Gasteiger partial charge in [0.15, 0.2) is 5.43 Å². The van der Waals surface area contributed by atoms with Gasteiger partial charge in [-0.15, -0.1) is 0 Å². The van der Waals surface area contributed by atoms with Gasteiger partial charge in [0.25, 0.3) is 0 Å². The van der Waals surface area contributed by atoms with E-state index in [0.29, 0.717) is 12.0 Å². The fourth-order valence-electron chi connectivity index (χ4n) is 4.41. The molecule has 2 aliphatic heterocycles. The minimum atomic E-state index is -0.985. The molecular weight excluding hydrogens is 348 g/mol. The molecule has 3 heterocycles. The lowest BCUT2D eigenvalue weighted by atomic mass is 9.70. The number of ether oxygens (including phenoxy) is 2. The maximum atomic E-state index is 12.2. The number of nitrogens with one attached hydrogen (secondary N) is 1. The zero-order chi connectivity index (χ0) is 19.1. The molecule has 7 nitrogen and oxygen atoms in total. The summed E-state index contributed by atoms with van der Waals surface area (Å²) >= 11 is 0. The predicted molar refractivity (Wildman–Crippen MR) is 100 cm³/mol. The molecule has 5 rings (SSSR count). The van der Waals surface area contributed by atoms with Gasteiger partial charge >= 0.3 is 6.09 Å². The Balaban J connectivity index is 1.52. The Morgan fingerprint density at radius 3 is 2.70 bits per heavy atom. The molecule has 0 unspecified atom stereocenters. The molecule has 0 atom stereocenters. The maximum Gasteiger partial charge on any atom is 0.405 e. The van der Waals surface area contributed by atoms with Gasteiger partial charge in [0.05, 0.1) is 30.4 Å². The SMILES string of the molecule is COc1ccc2c(=O)ccn(CCC34CCC(NC(=O)O)(CC3)CO4)c2c1. The Morgan fingerprint density at radius 2 is 2.07 bits per heavy atom. The van der Waals surface area contributed by atoms with Crippen LogP contribution in [0, 0.1) is 0 Å². The Hall–Kier alpha value is -2.54. The van der Waals surface area contributed by atoms with Crippen LogP contribution in [-0.2, 0) is 11.3 Å². The van der Waals surface area contributed by atoms with Crippen LogP contribution in [0.15, 0.2) is 35.3 Å². The third kappa shape index (κ3) is 3.27. The van der Waals surface area contributed by atoms with E-state index < -0.39 is 11.6 Å². The van der Waals surface area contributed by atoms with Crippen molar-refractivity contribution >= 4 is 17.0 Å². The van der Waals surface area contributed by atoms with Crippen molar-refractivity contribution in [2.45, 2.75) is 49.8 Å². The van der Waals surface area contributed by atoms with Crippen molar-refractivity contribution in [3.8, 4) is 5.75 Å². The van der Waals surface area contributed by atoms with Crippen LogP contribution in [0.1, 0.15) is 32.1 Å². The summed E-state index contributed by atoms with van der Waals surface area (Å²) in [6.45, 7) is 1.15. The van der Waals surface area contributed by atoms with Crippen molar-refractivity contribution in [1.82, 2.24) is 9.88 Å². The van der Waals surface area contributed by atoms with Gasteiger partial charge in [0.2, 0.25) is 0 Å². The minimum absolute atomic E-state index is 0.00169. The summed E-state index contributed by atoms with van der Waals surface area (Å²) < 4.78 is 13.5. The lowest BCUT2D eigenvalue weighted by molar-refractivity contribution is -0.164. The van der Waals surface area contributed by atoms with Crippen LogP contribution in [0.5, 0.6) is 5.75 Å². The first-order chi connectivity index (χ1) is 12.9. The number of methoxy groups -OCH3 is 1. The van der Waals surface area contributed by atoms with Crippen molar-refractivity contribution < 1.29 is 19.4 Å². The first-order valence-corrected chi connectivity index (χ1v) is 9.27. The Kier molecular flexibility index (Phi) is 4.34. The van der Waals surface area contributed by atoms with Gasteiger partial charge in [0.1, 0.15) is 5.75 Å². The van der Waals surface area contributed by atoms with Gasteiger partial charge < -0.3 is 24.5 Å². The first-order valence-electron chi connectivity index (χ1n) is 9.27. The molecule has 2 bridgehead atoms. The second kappa shape index (κ2) is 6.56. The third-order valence-corrected chi connectivity index (χ3v) is 6.14. The normalized spacial score (nSPS) is 26.9. The largest absolute Gasteiger partial charge is 0.497 e. The van der Waals surface area contributed by atoms with Crippen LogP contribution in [0.4, 0.5) is 4.79 Å². The number of nitrogens with zero attached hydrogens (tertiary/aromatic N) is 1. The fraction of sp³-hybridized carbons (Fsp3) is 0.500. The summed E-state index contributed by atoms with van der Waals surface area (Å²) in [6.07, 6.45) is 4.95. The monoisotopic (exact) mass is 372 g/mol. The van der Waals surface area contributed by atoms with Crippen LogP contribution in [0.25, 0.3) is 10.9 Å². The molecule has 3 fully saturated rings. The topological polar surface area (TPSA) is 89.8 Å². The van der Waals surface area contributed by atoms with E-state index in [2.05, 4.69) is 9.88 Å². The second-order valence-electron chi connectivity index (χ2n) is 7.69. The van der Waals surface area contributed by atoms with E-state index in [1.54, 1.807) is 25.3 Å². The van der Waals surface area contributed by atoms with Crippen molar-refractivity contribution in [3.05, 3.63) is 40.7 Å². The molecule has 1 aliphatic carbocycles. The summed E-state index contributed by atoms with van der Waals surface area (Å²) in [6, 6.07) is 7.08. The molecule has 1 amide bonds. The summed E-state index contributed by atoms with van der Waals surface area (Å²) in [7, 11) is 1.61. The maximum absolute atomic E-state index is 12.2. The van der Waals surface area contributed by atoms with Crippen LogP contribution >= 0.6 is 0 Å². The van der Waals surface area contributed by atoms with E-state index in [1.807, 2.05) is 12.3 Å². The number of benzene rings is 1. The number of carbonyl (C=O) groups is 1. The first kappa shape index (κ1) is 17.9. The van der Waals surface area contributed by atoms with E-state index in [0.717, 1.165) is 49.9 Å². The molecule has 3 aliphatic rings. The number of hydrogen-bond donors (Lipinski definition) is 2. The van der Waals surface area contributed by atoms with Gasteiger partial charge in [-0.2, -0.15) is 0 Å². The minimum Gasteiger partial charge on any atom is -0.497 e. The Bertz CT molecular complexity index is 911. The highest BCUT2D eigenvalue weighted by Gasteiger charge is 2.50. The number of amides is 1. The molecule has 2 saturated heterocycles. The molecule has 27 heavy (non-hydrogen) atoms. The number of hydrogen-bond acceptors (Lipinski definition) is 4. The molecule has 2 N–H and O–H groups in total. The number of fused-ring (bicyclic) bond motifs is 4. The number of pyridine rings is 1. The van der Waals surface area contributed by atoms with E-state index in [4.69, 9.17) is 14.6 Å². The lowest BCUT2D eigenvalue weighted by Gasteiger charge is -2.53. The average Bonchev–Trinajstić information content (AvgIpc) is 2.68. The van der Waals surface area contributed by atoms with Crippen LogP contribution in [0.2, 0.25) is 0 Å². The van der Waals surface area contributed by atoms with Crippen molar-refractivity contribution in [1.29, 1.82) is 0 Å². The van der Waals surface area contributed by atoms with Crippen molar-refractivity contribution in [3.63, 3.8) is 0 Å². The highest BCUT2D eigenvalue weighted by molar-refractivity contribution is 5.80. The van der Waals surface area contributed by atoms with Crippen LogP contribution in [0.3, 0.4) is 0 Å². The quantitative estimate of drug-likeness (QED) is 0.842. The highest BCUT2D eigenvalue weighted by Crippen LogP contribution is 2.45. The molecule has 7 heteroatoms. The standard InChI is InChI=1S/C20H24N2O5/c1-26-14-2-3-15-16(12-14)22(10-4-17(15)23)11-9-20-7-5-19(6-8-20,13-27-20)21-18(24)25/h2-4,10,12,21H,5-9,11,13H2,1H3,(H,24,25). The smallest absolute Gasteiger partial charge is 0.405 e. The molecule has 2 aromatic rings. The van der Waals surface area contributed by atoms with Gasteiger partial charge in [-0.1, -0.05) is 0 Å². The van der Waals surface area contributed by atoms with E-state index in [9.17, 15) is 9.59 Å². The lowest BCUT2D eigenvalue weighted by Crippen LogP contribution is -2.62. The number of aromatic nitrogens is 1. The zero-order valence-electron chi connectivity index (χ0n) is 15.4. The fourth-order valence-corrected chi connectivity index (χ4v) is 4.41. The Morgan fingerprint density at radius 1 is 1.30 bits per heavy atom. The molecule has 1 aromatic heterocycles. The summed E-state index contributed by atoms with van der Waals surface area (Å²) in [5.74, 6) is 0.719. The zero-order valence-corrected chi connectivity index (χ0v) is 15.4. The summed E-state index contributed by atoms with van der Waals surface area (Å²) in [5.41, 5.74) is 0.214. The average molecular weight is 372 g/mol.